The number of nitrogens with zero attached hydrogens (tertiary/aromatic N) is 1. The maximum Gasteiger partial charge on any atom is 0.208 e. The lowest BCUT2D eigenvalue weighted by molar-refractivity contribution is 0.586. The van der Waals surface area contributed by atoms with E-state index in [1.54, 1.807) is 12.1 Å². The van der Waals surface area contributed by atoms with Gasteiger partial charge in [0, 0.05) is 17.6 Å². The Morgan fingerprint density at radius 2 is 2.11 bits per heavy atom. The zero-order valence-corrected chi connectivity index (χ0v) is 12.3. The summed E-state index contributed by atoms with van der Waals surface area (Å²) in [5, 5.41) is 12.0. The van der Waals surface area contributed by atoms with Crippen LogP contribution < -0.4 is 10.0 Å². The van der Waals surface area contributed by atoms with Crippen molar-refractivity contribution in [3.05, 3.63) is 28.2 Å². The Kier molecular flexibility index (Phi) is 5.59. The molecule has 7 heteroatoms. The first kappa shape index (κ1) is 15.0. The molecule has 0 saturated carbocycles. The molecule has 5 nitrogen and oxygen atoms in total. The van der Waals surface area contributed by atoms with Crippen molar-refractivity contribution >= 4 is 31.6 Å². The minimum atomic E-state index is -3.13. The Balaban J connectivity index is 2.45. The Bertz CT molecular complexity index is 552. The van der Waals surface area contributed by atoms with Gasteiger partial charge in [-0.05, 0) is 24.6 Å². The summed E-state index contributed by atoms with van der Waals surface area (Å²) in [6.45, 7) is 0.968. The highest BCUT2D eigenvalue weighted by molar-refractivity contribution is 9.10. The van der Waals surface area contributed by atoms with Gasteiger partial charge in [-0.2, -0.15) is 5.26 Å². The average Bonchev–Trinajstić information content (AvgIpc) is 2.27. The van der Waals surface area contributed by atoms with Crippen molar-refractivity contribution in [2.45, 2.75) is 6.42 Å². The van der Waals surface area contributed by atoms with E-state index in [1.807, 2.05) is 6.07 Å². The second-order valence-corrected chi connectivity index (χ2v) is 6.50. The number of rotatable bonds is 6. The highest BCUT2D eigenvalue weighted by atomic mass is 79.9. The highest BCUT2D eigenvalue weighted by Gasteiger charge is 2.02. The van der Waals surface area contributed by atoms with Crippen LogP contribution in [0, 0.1) is 11.3 Å². The summed E-state index contributed by atoms with van der Waals surface area (Å²) in [5.74, 6) is 0. The molecular weight excluding hydrogens is 318 g/mol. The molecular formula is C11H14BrN3O2S. The number of anilines is 1. The van der Waals surface area contributed by atoms with Gasteiger partial charge in [-0.15, -0.1) is 0 Å². The highest BCUT2D eigenvalue weighted by Crippen LogP contribution is 2.20. The van der Waals surface area contributed by atoms with Crippen molar-refractivity contribution in [2.24, 2.45) is 0 Å². The molecule has 0 fully saturated rings. The van der Waals surface area contributed by atoms with Crippen LogP contribution in [0.4, 0.5) is 5.69 Å². The van der Waals surface area contributed by atoms with E-state index in [0.29, 0.717) is 25.1 Å². The predicted molar refractivity (Wildman–Crippen MR) is 74.8 cm³/mol. The first-order valence-corrected chi connectivity index (χ1v) is 7.99. The molecule has 0 amide bonds. The number of halogens is 1. The largest absolute Gasteiger partial charge is 0.384 e. The van der Waals surface area contributed by atoms with Gasteiger partial charge < -0.3 is 5.32 Å². The minimum Gasteiger partial charge on any atom is -0.384 e. The molecule has 0 aliphatic rings. The van der Waals surface area contributed by atoms with Gasteiger partial charge in [0.2, 0.25) is 10.0 Å². The van der Waals surface area contributed by atoms with Gasteiger partial charge in [0.05, 0.1) is 17.5 Å². The van der Waals surface area contributed by atoms with Crippen molar-refractivity contribution in [3.8, 4) is 6.07 Å². The first-order chi connectivity index (χ1) is 8.42. The van der Waals surface area contributed by atoms with Crippen molar-refractivity contribution in [1.29, 1.82) is 5.26 Å². The summed E-state index contributed by atoms with van der Waals surface area (Å²) < 4.78 is 25.0. The third-order valence-electron chi connectivity index (χ3n) is 2.14. The molecule has 0 aromatic heterocycles. The monoisotopic (exact) mass is 331 g/mol. The molecule has 98 valence electrons. The SMILES string of the molecule is CS(=O)(=O)NCCCNc1cc(Br)ccc1C#N. The van der Waals surface area contributed by atoms with E-state index < -0.39 is 10.0 Å². The fraction of sp³-hybridized carbons (Fsp3) is 0.364. The van der Waals surface area contributed by atoms with Crippen LogP contribution in [-0.4, -0.2) is 27.8 Å². The van der Waals surface area contributed by atoms with E-state index >= 15 is 0 Å². The van der Waals surface area contributed by atoms with Gasteiger partial charge in [-0.3, -0.25) is 0 Å². The minimum absolute atomic E-state index is 0.377. The third kappa shape index (κ3) is 5.49. The lowest BCUT2D eigenvalue weighted by Gasteiger charge is -2.08. The second-order valence-electron chi connectivity index (χ2n) is 3.75. The fourth-order valence-corrected chi connectivity index (χ4v) is 2.21. The molecule has 0 atom stereocenters. The average molecular weight is 332 g/mol. The van der Waals surface area contributed by atoms with Crippen molar-refractivity contribution in [2.75, 3.05) is 24.7 Å². The van der Waals surface area contributed by atoms with E-state index in [0.717, 1.165) is 16.4 Å². The molecule has 1 rings (SSSR count). The lowest BCUT2D eigenvalue weighted by atomic mass is 10.2. The van der Waals surface area contributed by atoms with E-state index in [4.69, 9.17) is 5.26 Å². The van der Waals surface area contributed by atoms with Crippen LogP contribution in [0.1, 0.15) is 12.0 Å². The summed E-state index contributed by atoms with van der Waals surface area (Å²) in [5.41, 5.74) is 1.31. The van der Waals surface area contributed by atoms with Crippen LogP contribution in [0.5, 0.6) is 0 Å². The molecule has 0 unspecified atom stereocenters. The molecule has 0 spiro atoms. The topological polar surface area (TPSA) is 82.0 Å². The van der Waals surface area contributed by atoms with Gasteiger partial charge in [-0.1, -0.05) is 15.9 Å². The van der Waals surface area contributed by atoms with Crippen LogP contribution >= 0.6 is 15.9 Å². The second kappa shape index (κ2) is 6.73. The number of nitrogens with one attached hydrogen (secondary N) is 2. The standard InChI is InChI=1S/C11H14BrN3O2S/c1-18(16,17)15-6-2-5-14-11-7-10(12)4-3-9(11)8-13/h3-4,7,14-15H,2,5-6H2,1H3. The molecule has 1 aromatic carbocycles. The van der Waals surface area contributed by atoms with E-state index in [-0.39, 0.29) is 0 Å². The van der Waals surface area contributed by atoms with Crippen LogP contribution in [0.2, 0.25) is 0 Å². The summed E-state index contributed by atoms with van der Waals surface area (Å²) in [6, 6.07) is 7.44. The lowest BCUT2D eigenvalue weighted by Crippen LogP contribution is -2.24. The summed E-state index contributed by atoms with van der Waals surface area (Å²) in [7, 11) is -3.13. The van der Waals surface area contributed by atoms with E-state index in [9.17, 15) is 8.42 Å². The number of benzene rings is 1. The first-order valence-electron chi connectivity index (χ1n) is 5.30. The molecule has 18 heavy (non-hydrogen) atoms. The smallest absolute Gasteiger partial charge is 0.208 e. The Morgan fingerprint density at radius 3 is 2.72 bits per heavy atom. The van der Waals surface area contributed by atoms with E-state index in [1.165, 1.54) is 0 Å². The molecule has 0 saturated heterocycles. The zero-order valence-electron chi connectivity index (χ0n) is 9.90. The van der Waals surface area contributed by atoms with Crippen molar-refractivity contribution in [3.63, 3.8) is 0 Å². The molecule has 1 aromatic rings. The molecule has 0 aliphatic heterocycles. The third-order valence-corrected chi connectivity index (χ3v) is 3.36. The van der Waals surface area contributed by atoms with E-state index in [2.05, 4.69) is 32.0 Å². The normalized spacial score (nSPS) is 10.9. The molecule has 0 bridgehead atoms. The van der Waals surface area contributed by atoms with Crippen molar-refractivity contribution < 1.29 is 8.42 Å². The van der Waals surface area contributed by atoms with Gasteiger partial charge in [0.1, 0.15) is 6.07 Å². The maximum atomic E-state index is 10.8. The van der Waals surface area contributed by atoms with Gasteiger partial charge in [0.15, 0.2) is 0 Å². The summed E-state index contributed by atoms with van der Waals surface area (Å²) in [6.07, 6.45) is 1.77. The Morgan fingerprint density at radius 1 is 1.39 bits per heavy atom. The van der Waals surface area contributed by atoms with Gasteiger partial charge in [0.25, 0.3) is 0 Å². The molecule has 0 aliphatic carbocycles. The van der Waals surface area contributed by atoms with Crippen LogP contribution in [0.3, 0.4) is 0 Å². The Hall–Kier alpha value is -1.10. The van der Waals surface area contributed by atoms with Crippen molar-refractivity contribution in [1.82, 2.24) is 4.72 Å². The predicted octanol–water partition coefficient (Wildman–Crippen LogP) is 1.67. The zero-order chi connectivity index (χ0) is 13.6. The fourth-order valence-electron chi connectivity index (χ4n) is 1.33. The number of hydrogen-bond donors (Lipinski definition) is 2. The quantitative estimate of drug-likeness (QED) is 0.777. The van der Waals surface area contributed by atoms with Crippen LogP contribution in [0.25, 0.3) is 0 Å². The molecule has 2 N–H and O–H groups in total. The van der Waals surface area contributed by atoms with Gasteiger partial charge in [-0.25, -0.2) is 13.1 Å². The van der Waals surface area contributed by atoms with Crippen LogP contribution in [0.15, 0.2) is 22.7 Å². The van der Waals surface area contributed by atoms with Gasteiger partial charge >= 0.3 is 0 Å². The Labute approximate surface area is 115 Å². The summed E-state index contributed by atoms with van der Waals surface area (Å²) in [4.78, 5) is 0. The molecule has 0 radical (unpaired) electrons. The number of hydrogen-bond acceptors (Lipinski definition) is 4. The number of sulfonamides is 1. The molecule has 0 heterocycles. The number of nitriles is 1. The maximum absolute atomic E-state index is 10.8. The van der Waals surface area contributed by atoms with Crippen LogP contribution in [-0.2, 0) is 10.0 Å². The summed E-state index contributed by atoms with van der Waals surface area (Å²) >= 11 is 3.33.